The highest BCUT2D eigenvalue weighted by Gasteiger charge is 2.22. The molecule has 2 fully saturated rings. The van der Waals surface area contributed by atoms with E-state index in [1.165, 1.54) is 0 Å². The van der Waals surface area contributed by atoms with Gasteiger partial charge in [0.2, 0.25) is 11.8 Å². The molecular formula is C17H24ClN3O3. The third kappa shape index (κ3) is 4.93. The number of nitrogens with zero attached hydrogens (tertiary/aromatic N) is 1. The van der Waals surface area contributed by atoms with Gasteiger partial charge in [-0.3, -0.25) is 9.59 Å². The molecule has 1 atom stereocenters. The SMILES string of the molecule is Cl.O=C(Nc1ccc(CC(=O)N2CCOCC2)cc1)C1CCCN1. The highest BCUT2D eigenvalue weighted by Crippen LogP contribution is 2.13. The average Bonchev–Trinajstić information content (AvgIpc) is 3.12. The van der Waals surface area contributed by atoms with Crippen molar-refractivity contribution < 1.29 is 14.3 Å². The van der Waals surface area contributed by atoms with Crippen molar-refractivity contribution in [1.82, 2.24) is 10.2 Å². The third-order valence-electron chi connectivity index (χ3n) is 4.32. The number of morpholine rings is 1. The summed E-state index contributed by atoms with van der Waals surface area (Å²) >= 11 is 0. The van der Waals surface area contributed by atoms with Crippen molar-refractivity contribution in [2.24, 2.45) is 0 Å². The molecule has 3 rings (SSSR count). The zero-order valence-electron chi connectivity index (χ0n) is 13.6. The van der Waals surface area contributed by atoms with Gasteiger partial charge in [-0.1, -0.05) is 12.1 Å². The predicted octanol–water partition coefficient (Wildman–Crippen LogP) is 1.20. The van der Waals surface area contributed by atoms with E-state index in [1.807, 2.05) is 29.2 Å². The molecule has 0 saturated carbocycles. The number of hydrogen-bond acceptors (Lipinski definition) is 4. The van der Waals surface area contributed by atoms with Crippen LogP contribution in [0.5, 0.6) is 0 Å². The molecule has 0 bridgehead atoms. The van der Waals surface area contributed by atoms with Crippen molar-refractivity contribution in [1.29, 1.82) is 0 Å². The Morgan fingerprint density at radius 2 is 1.92 bits per heavy atom. The first-order valence-corrected chi connectivity index (χ1v) is 8.21. The molecule has 1 aromatic carbocycles. The van der Waals surface area contributed by atoms with Gasteiger partial charge in [-0.25, -0.2) is 0 Å². The van der Waals surface area contributed by atoms with Gasteiger partial charge in [-0.05, 0) is 37.1 Å². The minimum atomic E-state index is -0.0856. The lowest BCUT2D eigenvalue weighted by molar-refractivity contribution is -0.134. The van der Waals surface area contributed by atoms with Crippen LogP contribution in [-0.2, 0) is 20.7 Å². The van der Waals surface area contributed by atoms with E-state index in [-0.39, 0.29) is 30.3 Å². The summed E-state index contributed by atoms with van der Waals surface area (Å²) < 4.78 is 5.26. The van der Waals surface area contributed by atoms with E-state index >= 15 is 0 Å². The van der Waals surface area contributed by atoms with E-state index in [9.17, 15) is 9.59 Å². The van der Waals surface area contributed by atoms with Gasteiger partial charge in [-0.15, -0.1) is 12.4 Å². The molecule has 1 aromatic rings. The van der Waals surface area contributed by atoms with Crippen LogP contribution in [0, 0.1) is 0 Å². The first-order chi connectivity index (χ1) is 11.2. The van der Waals surface area contributed by atoms with Gasteiger partial charge in [0, 0.05) is 18.8 Å². The molecule has 132 valence electrons. The summed E-state index contributed by atoms with van der Waals surface area (Å²) in [6, 6.07) is 7.42. The maximum Gasteiger partial charge on any atom is 0.241 e. The van der Waals surface area contributed by atoms with Gasteiger partial charge in [0.05, 0.1) is 25.7 Å². The normalized spacial score (nSPS) is 20.3. The number of benzene rings is 1. The lowest BCUT2D eigenvalue weighted by atomic mass is 10.1. The minimum absolute atomic E-state index is 0. The molecule has 24 heavy (non-hydrogen) atoms. The summed E-state index contributed by atoms with van der Waals surface area (Å²) in [4.78, 5) is 26.1. The number of halogens is 1. The highest BCUT2D eigenvalue weighted by molar-refractivity contribution is 5.95. The Kier molecular flexibility index (Phi) is 7.02. The van der Waals surface area contributed by atoms with Crippen molar-refractivity contribution in [3.8, 4) is 0 Å². The number of ether oxygens (including phenoxy) is 1. The Labute approximate surface area is 148 Å². The molecule has 0 radical (unpaired) electrons. The van der Waals surface area contributed by atoms with Crippen LogP contribution in [0.25, 0.3) is 0 Å². The van der Waals surface area contributed by atoms with Gasteiger partial charge in [0.15, 0.2) is 0 Å². The third-order valence-corrected chi connectivity index (χ3v) is 4.32. The monoisotopic (exact) mass is 353 g/mol. The fourth-order valence-electron chi connectivity index (χ4n) is 2.94. The summed E-state index contributed by atoms with van der Waals surface area (Å²) in [6.45, 7) is 3.47. The zero-order chi connectivity index (χ0) is 16.1. The van der Waals surface area contributed by atoms with Gasteiger partial charge in [-0.2, -0.15) is 0 Å². The number of hydrogen-bond donors (Lipinski definition) is 2. The zero-order valence-corrected chi connectivity index (χ0v) is 14.4. The van der Waals surface area contributed by atoms with Crippen LogP contribution < -0.4 is 10.6 Å². The lowest BCUT2D eigenvalue weighted by Gasteiger charge is -2.26. The molecule has 2 aliphatic rings. The molecule has 6 nitrogen and oxygen atoms in total. The van der Waals surface area contributed by atoms with Crippen LogP contribution in [0.2, 0.25) is 0 Å². The molecule has 2 saturated heterocycles. The summed E-state index contributed by atoms with van der Waals surface area (Å²) in [5.41, 5.74) is 1.73. The van der Waals surface area contributed by atoms with Crippen molar-refractivity contribution in [2.75, 3.05) is 38.2 Å². The van der Waals surface area contributed by atoms with Crippen LogP contribution in [-0.4, -0.2) is 55.6 Å². The maximum atomic E-state index is 12.2. The lowest BCUT2D eigenvalue weighted by Crippen LogP contribution is -2.41. The Morgan fingerprint density at radius 3 is 2.54 bits per heavy atom. The Hall–Kier alpha value is -1.63. The summed E-state index contributed by atoms with van der Waals surface area (Å²) in [5.74, 6) is 0.139. The van der Waals surface area contributed by atoms with E-state index in [0.717, 1.165) is 30.6 Å². The molecule has 7 heteroatoms. The first-order valence-electron chi connectivity index (χ1n) is 8.21. The molecule has 1 unspecified atom stereocenters. The molecule has 2 amide bonds. The smallest absolute Gasteiger partial charge is 0.241 e. The fraction of sp³-hybridized carbons (Fsp3) is 0.529. The second kappa shape index (κ2) is 9.01. The van der Waals surface area contributed by atoms with E-state index in [1.54, 1.807) is 0 Å². The summed E-state index contributed by atoms with van der Waals surface area (Å²) in [7, 11) is 0. The Bertz CT molecular complexity index is 553. The number of amides is 2. The topological polar surface area (TPSA) is 70.7 Å². The quantitative estimate of drug-likeness (QED) is 0.853. The van der Waals surface area contributed by atoms with E-state index in [2.05, 4.69) is 10.6 Å². The van der Waals surface area contributed by atoms with Crippen LogP contribution in [0.3, 0.4) is 0 Å². The van der Waals surface area contributed by atoms with Crippen LogP contribution in [0.4, 0.5) is 5.69 Å². The van der Waals surface area contributed by atoms with Gasteiger partial charge < -0.3 is 20.3 Å². The molecule has 2 N–H and O–H groups in total. The van der Waals surface area contributed by atoms with Gasteiger partial charge >= 0.3 is 0 Å². The van der Waals surface area contributed by atoms with E-state index in [0.29, 0.717) is 32.7 Å². The Balaban J connectivity index is 0.00000208. The summed E-state index contributed by atoms with van der Waals surface area (Å²) in [6.07, 6.45) is 2.32. The molecule has 0 spiro atoms. The van der Waals surface area contributed by atoms with Crippen LogP contribution in [0.15, 0.2) is 24.3 Å². The highest BCUT2D eigenvalue weighted by atomic mass is 35.5. The van der Waals surface area contributed by atoms with Crippen molar-refractivity contribution >= 4 is 29.9 Å². The minimum Gasteiger partial charge on any atom is -0.378 e. The van der Waals surface area contributed by atoms with Gasteiger partial charge in [0.25, 0.3) is 0 Å². The van der Waals surface area contributed by atoms with E-state index < -0.39 is 0 Å². The predicted molar refractivity (Wildman–Crippen MR) is 94.4 cm³/mol. The molecule has 0 aliphatic carbocycles. The second-order valence-electron chi connectivity index (χ2n) is 6.01. The standard InChI is InChI=1S/C17H23N3O3.ClH/c21-16(20-8-10-23-11-9-20)12-13-3-5-14(6-4-13)19-17(22)15-2-1-7-18-15;/h3-6,15,18H,1-2,7-12H2,(H,19,22);1H. The molecular weight excluding hydrogens is 330 g/mol. The van der Waals surface area contributed by atoms with Crippen LogP contribution >= 0.6 is 12.4 Å². The number of anilines is 1. The average molecular weight is 354 g/mol. The summed E-state index contributed by atoms with van der Waals surface area (Å²) in [5, 5.41) is 6.09. The number of carbonyl (C=O) groups is 2. The number of rotatable bonds is 4. The van der Waals surface area contributed by atoms with Gasteiger partial charge in [0.1, 0.15) is 0 Å². The molecule has 2 heterocycles. The number of carbonyl (C=O) groups excluding carboxylic acids is 2. The molecule has 2 aliphatic heterocycles. The first kappa shape index (κ1) is 18.7. The maximum absolute atomic E-state index is 12.2. The number of nitrogens with one attached hydrogen (secondary N) is 2. The van der Waals surface area contributed by atoms with Crippen molar-refractivity contribution in [2.45, 2.75) is 25.3 Å². The van der Waals surface area contributed by atoms with E-state index in [4.69, 9.17) is 4.74 Å². The largest absolute Gasteiger partial charge is 0.378 e. The van der Waals surface area contributed by atoms with Crippen molar-refractivity contribution in [3.63, 3.8) is 0 Å². The van der Waals surface area contributed by atoms with Crippen molar-refractivity contribution in [3.05, 3.63) is 29.8 Å². The van der Waals surface area contributed by atoms with Crippen LogP contribution in [0.1, 0.15) is 18.4 Å². The molecule has 0 aromatic heterocycles. The Morgan fingerprint density at radius 1 is 1.21 bits per heavy atom. The fourth-order valence-corrected chi connectivity index (χ4v) is 2.94. The second-order valence-corrected chi connectivity index (χ2v) is 6.01.